The molecule has 29 heavy (non-hydrogen) atoms. The van der Waals surface area contributed by atoms with E-state index >= 15 is 0 Å². The summed E-state index contributed by atoms with van der Waals surface area (Å²) >= 11 is 0. The highest BCUT2D eigenvalue weighted by Gasteiger charge is 2.20. The van der Waals surface area contributed by atoms with Crippen LogP contribution in [0.1, 0.15) is 35.5 Å². The van der Waals surface area contributed by atoms with Gasteiger partial charge in [-0.3, -0.25) is 4.79 Å². The lowest BCUT2D eigenvalue weighted by Crippen LogP contribution is -3.13. The number of carbonyl (C=O) groups is 1. The maximum absolute atomic E-state index is 13.4. The summed E-state index contributed by atoms with van der Waals surface area (Å²) in [6.07, 6.45) is 3.82. The van der Waals surface area contributed by atoms with Crippen LogP contribution in [0.15, 0.2) is 46.9 Å². The Labute approximate surface area is 169 Å². The number of aromatic nitrogens is 2. The lowest BCUT2D eigenvalue weighted by atomic mass is 10.1. The molecule has 7 heteroatoms. The molecular formula is C22H26FN4O2+. The summed E-state index contributed by atoms with van der Waals surface area (Å²) in [6.45, 7) is 5.73. The molecule has 1 amide bonds. The van der Waals surface area contributed by atoms with Crippen molar-refractivity contribution in [3.05, 3.63) is 59.7 Å². The third kappa shape index (κ3) is 4.56. The number of aryl methyl sites for hydroxylation is 1. The molecule has 1 fully saturated rings. The van der Waals surface area contributed by atoms with Crippen molar-refractivity contribution in [3.63, 3.8) is 0 Å². The number of nitrogens with zero attached hydrogens (tertiary/aromatic N) is 2. The molecule has 0 bridgehead atoms. The van der Waals surface area contributed by atoms with Crippen molar-refractivity contribution in [2.75, 3.05) is 26.2 Å². The van der Waals surface area contributed by atoms with E-state index in [2.05, 4.69) is 10.4 Å². The molecule has 1 saturated heterocycles. The number of halogens is 1. The zero-order chi connectivity index (χ0) is 20.2. The molecule has 2 aromatic heterocycles. The van der Waals surface area contributed by atoms with Gasteiger partial charge < -0.3 is 14.6 Å². The molecule has 3 aromatic rings. The molecule has 0 spiro atoms. The smallest absolute Gasteiger partial charge is 0.270 e. The van der Waals surface area contributed by atoms with Crippen LogP contribution in [0.25, 0.3) is 17.1 Å². The Bertz CT molecular complexity index is 971. The average molecular weight is 397 g/mol. The van der Waals surface area contributed by atoms with E-state index in [0.717, 1.165) is 12.3 Å². The van der Waals surface area contributed by atoms with Crippen LogP contribution in [0.4, 0.5) is 4.39 Å². The molecule has 1 aliphatic rings. The predicted octanol–water partition coefficient (Wildman–Crippen LogP) is 2.38. The van der Waals surface area contributed by atoms with Gasteiger partial charge in [-0.1, -0.05) is 0 Å². The molecule has 0 saturated carbocycles. The molecule has 0 unspecified atom stereocenters. The Kier molecular flexibility index (Phi) is 5.76. The second kappa shape index (κ2) is 8.61. The number of hydrogen-bond acceptors (Lipinski definition) is 3. The second-order valence-corrected chi connectivity index (χ2v) is 7.53. The fraction of sp³-hybridized carbons (Fsp3) is 0.364. The van der Waals surface area contributed by atoms with Gasteiger partial charge in [-0.05, 0) is 62.6 Å². The van der Waals surface area contributed by atoms with Crippen molar-refractivity contribution >= 4 is 5.91 Å². The van der Waals surface area contributed by atoms with Crippen molar-refractivity contribution in [2.24, 2.45) is 0 Å². The predicted molar refractivity (Wildman–Crippen MR) is 108 cm³/mol. The topological polar surface area (TPSA) is 64.5 Å². The van der Waals surface area contributed by atoms with E-state index in [1.54, 1.807) is 18.2 Å². The zero-order valence-corrected chi connectivity index (χ0v) is 16.6. The van der Waals surface area contributed by atoms with Gasteiger partial charge in [0.15, 0.2) is 5.76 Å². The largest absolute Gasteiger partial charge is 0.460 e. The molecule has 4 rings (SSSR count). The van der Waals surface area contributed by atoms with E-state index in [1.165, 1.54) is 54.1 Å². The summed E-state index contributed by atoms with van der Waals surface area (Å²) in [6, 6.07) is 11.3. The first kappa shape index (κ1) is 19.4. The fourth-order valence-corrected chi connectivity index (χ4v) is 3.76. The van der Waals surface area contributed by atoms with Crippen LogP contribution in [-0.4, -0.2) is 41.9 Å². The number of hydrogen-bond donors (Lipinski definition) is 2. The maximum atomic E-state index is 13.4. The molecule has 3 heterocycles. The molecule has 0 aliphatic carbocycles. The highest BCUT2D eigenvalue weighted by Crippen LogP contribution is 2.24. The number of likely N-dealkylation sites (tertiary alicyclic amines) is 1. The number of rotatable bonds is 6. The van der Waals surface area contributed by atoms with Gasteiger partial charge in [0.05, 0.1) is 31.9 Å². The normalized spacial score (nSPS) is 14.8. The Balaban J connectivity index is 1.55. The van der Waals surface area contributed by atoms with E-state index in [-0.39, 0.29) is 11.7 Å². The first-order chi connectivity index (χ1) is 14.1. The highest BCUT2D eigenvalue weighted by molar-refractivity contribution is 5.94. The van der Waals surface area contributed by atoms with E-state index in [9.17, 15) is 9.18 Å². The summed E-state index contributed by atoms with van der Waals surface area (Å²) in [5.74, 6) is 0.827. The van der Waals surface area contributed by atoms with Crippen molar-refractivity contribution in [2.45, 2.75) is 26.2 Å². The van der Waals surface area contributed by atoms with Crippen molar-refractivity contribution in [1.82, 2.24) is 15.1 Å². The summed E-state index contributed by atoms with van der Waals surface area (Å²) < 4.78 is 20.6. The minimum atomic E-state index is -0.335. The van der Waals surface area contributed by atoms with Gasteiger partial charge in [-0.25, -0.2) is 9.07 Å². The van der Waals surface area contributed by atoms with Gasteiger partial charge in [-0.2, -0.15) is 5.10 Å². The quantitative estimate of drug-likeness (QED) is 0.671. The lowest BCUT2D eigenvalue weighted by molar-refractivity contribution is -0.903. The molecule has 152 valence electrons. The molecule has 0 atom stereocenters. The van der Waals surface area contributed by atoms with Crippen molar-refractivity contribution in [3.8, 4) is 17.1 Å². The summed E-state index contributed by atoms with van der Waals surface area (Å²) in [5.41, 5.74) is 1.58. The average Bonchev–Trinajstić information content (AvgIpc) is 3.36. The third-order valence-electron chi connectivity index (χ3n) is 5.33. The van der Waals surface area contributed by atoms with Gasteiger partial charge in [-0.15, -0.1) is 0 Å². The van der Waals surface area contributed by atoms with Gasteiger partial charge in [0.2, 0.25) is 0 Å². The molecule has 2 N–H and O–H groups in total. The van der Waals surface area contributed by atoms with Gasteiger partial charge in [0.25, 0.3) is 5.91 Å². The standard InChI is InChI=1S/C22H25FN4O2/c1-16-5-10-21(29-16)19-15-20(27(25-19)18-8-6-17(23)7-9-18)22(28)24-11-14-26-12-3-2-4-13-26/h5-10,15H,2-4,11-14H2,1H3,(H,24,28)/p+1. The minimum absolute atomic E-state index is 0.201. The summed E-state index contributed by atoms with van der Waals surface area (Å²) in [7, 11) is 0. The van der Waals surface area contributed by atoms with Crippen LogP contribution in [-0.2, 0) is 0 Å². The molecule has 0 radical (unpaired) electrons. The van der Waals surface area contributed by atoms with E-state index in [4.69, 9.17) is 4.42 Å². The second-order valence-electron chi connectivity index (χ2n) is 7.53. The first-order valence-corrected chi connectivity index (χ1v) is 10.1. The third-order valence-corrected chi connectivity index (χ3v) is 5.33. The Morgan fingerprint density at radius 3 is 2.62 bits per heavy atom. The van der Waals surface area contributed by atoms with Crippen LogP contribution in [0.3, 0.4) is 0 Å². The van der Waals surface area contributed by atoms with Crippen LogP contribution in [0.2, 0.25) is 0 Å². The number of quaternary nitrogens is 1. The monoisotopic (exact) mass is 397 g/mol. The van der Waals surface area contributed by atoms with Crippen molar-refractivity contribution < 1.29 is 18.5 Å². The van der Waals surface area contributed by atoms with Gasteiger partial charge in [0, 0.05) is 6.07 Å². The maximum Gasteiger partial charge on any atom is 0.270 e. The Hall–Kier alpha value is -2.93. The van der Waals surface area contributed by atoms with E-state index < -0.39 is 0 Å². The molecule has 1 aliphatic heterocycles. The fourth-order valence-electron chi connectivity index (χ4n) is 3.76. The molecule has 1 aromatic carbocycles. The summed E-state index contributed by atoms with van der Waals surface area (Å²) in [4.78, 5) is 14.4. The van der Waals surface area contributed by atoms with Crippen LogP contribution in [0, 0.1) is 12.7 Å². The minimum Gasteiger partial charge on any atom is -0.460 e. The highest BCUT2D eigenvalue weighted by atomic mass is 19.1. The number of nitrogens with one attached hydrogen (secondary N) is 2. The van der Waals surface area contributed by atoms with Gasteiger partial charge >= 0.3 is 0 Å². The lowest BCUT2D eigenvalue weighted by Gasteiger charge is -2.23. The molecular weight excluding hydrogens is 371 g/mol. The Morgan fingerprint density at radius 2 is 1.93 bits per heavy atom. The first-order valence-electron chi connectivity index (χ1n) is 10.1. The van der Waals surface area contributed by atoms with E-state index in [1.807, 2.05) is 19.1 Å². The number of furan rings is 1. The molecule has 6 nitrogen and oxygen atoms in total. The Morgan fingerprint density at radius 1 is 1.17 bits per heavy atom. The van der Waals surface area contributed by atoms with Crippen molar-refractivity contribution in [1.29, 1.82) is 0 Å². The number of benzene rings is 1. The number of amides is 1. The number of carbonyl (C=O) groups excluding carboxylic acids is 1. The van der Waals surface area contributed by atoms with Crippen LogP contribution in [0.5, 0.6) is 0 Å². The van der Waals surface area contributed by atoms with Crippen LogP contribution < -0.4 is 10.2 Å². The van der Waals surface area contributed by atoms with Crippen LogP contribution >= 0.6 is 0 Å². The van der Waals surface area contributed by atoms with E-state index in [0.29, 0.717) is 29.4 Å². The summed E-state index contributed by atoms with van der Waals surface area (Å²) in [5, 5.41) is 7.56. The number of piperidine rings is 1. The SMILES string of the molecule is Cc1ccc(-c2cc(C(=O)NCC[NH+]3CCCCC3)n(-c3ccc(F)cc3)n2)o1. The van der Waals surface area contributed by atoms with Gasteiger partial charge in [0.1, 0.15) is 23.0 Å². The zero-order valence-electron chi connectivity index (χ0n) is 16.6.